The van der Waals surface area contributed by atoms with Crippen molar-refractivity contribution in [3.63, 3.8) is 0 Å². The van der Waals surface area contributed by atoms with E-state index >= 15 is 0 Å². The number of rotatable bonds is 3. The number of pyridine rings is 1. The number of amidine groups is 1. The molecule has 92 valence electrons. The SMILES string of the molecule is Cc1ccc(Oc2nnccc2/C(N)=N/O)cn1. The van der Waals surface area contributed by atoms with E-state index in [0.29, 0.717) is 11.3 Å². The maximum absolute atomic E-state index is 8.66. The summed E-state index contributed by atoms with van der Waals surface area (Å²) in [6, 6.07) is 5.08. The van der Waals surface area contributed by atoms with Crippen molar-refractivity contribution < 1.29 is 9.94 Å². The average molecular weight is 245 g/mol. The summed E-state index contributed by atoms with van der Waals surface area (Å²) in [5.41, 5.74) is 6.74. The molecule has 0 saturated carbocycles. The highest BCUT2D eigenvalue weighted by molar-refractivity contribution is 5.98. The molecule has 7 heteroatoms. The minimum Gasteiger partial charge on any atom is -0.435 e. The molecule has 0 aliphatic carbocycles. The first-order valence-corrected chi connectivity index (χ1v) is 5.11. The summed E-state index contributed by atoms with van der Waals surface area (Å²) >= 11 is 0. The fraction of sp³-hybridized carbons (Fsp3) is 0.0909. The Morgan fingerprint density at radius 2 is 2.22 bits per heavy atom. The number of aryl methyl sites for hydroxylation is 1. The first kappa shape index (κ1) is 11.8. The predicted molar refractivity (Wildman–Crippen MR) is 63.6 cm³/mol. The van der Waals surface area contributed by atoms with E-state index in [-0.39, 0.29) is 11.7 Å². The van der Waals surface area contributed by atoms with Crippen LogP contribution in [0.2, 0.25) is 0 Å². The molecule has 0 atom stereocenters. The van der Waals surface area contributed by atoms with Crippen molar-refractivity contribution in [1.29, 1.82) is 0 Å². The highest BCUT2D eigenvalue weighted by Gasteiger charge is 2.11. The monoisotopic (exact) mass is 245 g/mol. The van der Waals surface area contributed by atoms with Crippen LogP contribution in [0.15, 0.2) is 35.7 Å². The molecule has 3 N–H and O–H groups in total. The zero-order chi connectivity index (χ0) is 13.0. The second-order valence-corrected chi connectivity index (χ2v) is 3.47. The minimum absolute atomic E-state index is 0.0972. The molecule has 0 aliphatic rings. The van der Waals surface area contributed by atoms with Gasteiger partial charge in [0.1, 0.15) is 5.75 Å². The maximum Gasteiger partial charge on any atom is 0.250 e. The molecule has 0 unspecified atom stereocenters. The third kappa shape index (κ3) is 2.51. The van der Waals surface area contributed by atoms with Gasteiger partial charge in [-0.05, 0) is 25.1 Å². The van der Waals surface area contributed by atoms with Gasteiger partial charge in [0.2, 0.25) is 5.88 Å². The summed E-state index contributed by atoms with van der Waals surface area (Å²) in [6.45, 7) is 1.87. The first-order chi connectivity index (χ1) is 8.70. The fourth-order valence-corrected chi connectivity index (χ4v) is 1.27. The van der Waals surface area contributed by atoms with Crippen molar-refractivity contribution >= 4 is 5.84 Å². The van der Waals surface area contributed by atoms with Gasteiger partial charge in [-0.25, -0.2) is 0 Å². The van der Waals surface area contributed by atoms with Gasteiger partial charge in [-0.15, -0.1) is 5.10 Å². The van der Waals surface area contributed by atoms with Gasteiger partial charge in [0.25, 0.3) is 0 Å². The molecule has 7 nitrogen and oxygen atoms in total. The van der Waals surface area contributed by atoms with Crippen LogP contribution in [0.4, 0.5) is 0 Å². The second-order valence-electron chi connectivity index (χ2n) is 3.47. The number of aromatic nitrogens is 3. The van der Waals surface area contributed by atoms with Crippen LogP contribution in [0.5, 0.6) is 11.6 Å². The molecule has 2 heterocycles. The second kappa shape index (κ2) is 5.09. The Morgan fingerprint density at radius 1 is 1.39 bits per heavy atom. The fourth-order valence-electron chi connectivity index (χ4n) is 1.27. The van der Waals surface area contributed by atoms with Gasteiger partial charge in [-0.1, -0.05) is 5.16 Å². The van der Waals surface area contributed by atoms with Crippen LogP contribution in [-0.4, -0.2) is 26.2 Å². The van der Waals surface area contributed by atoms with E-state index in [2.05, 4.69) is 20.3 Å². The van der Waals surface area contributed by atoms with Crippen molar-refractivity contribution in [2.24, 2.45) is 10.9 Å². The number of hydrogen-bond donors (Lipinski definition) is 2. The highest BCUT2D eigenvalue weighted by Crippen LogP contribution is 2.21. The lowest BCUT2D eigenvalue weighted by Gasteiger charge is -2.07. The number of oxime groups is 1. The van der Waals surface area contributed by atoms with E-state index in [1.807, 2.05) is 6.92 Å². The summed E-state index contributed by atoms with van der Waals surface area (Å²) in [7, 11) is 0. The zero-order valence-electron chi connectivity index (χ0n) is 9.61. The molecule has 2 aromatic heterocycles. The van der Waals surface area contributed by atoms with Crippen LogP contribution in [0, 0.1) is 6.92 Å². The number of ether oxygens (including phenoxy) is 1. The van der Waals surface area contributed by atoms with Crippen LogP contribution in [0.25, 0.3) is 0 Å². The molecular formula is C11H11N5O2. The molecule has 2 rings (SSSR count). The number of nitrogens with zero attached hydrogens (tertiary/aromatic N) is 4. The molecule has 0 aromatic carbocycles. The largest absolute Gasteiger partial charge is 0.435 e. The highest BCUT2D eigenvalue weighted by atomic mass is 16.5. The Balaban J connectivity index is 2.32. The summed E-state index contributed by atoms with van der Waals surface area (Å²) in [6.07, 6.45) is 2.98. The normalized spacial score (nSPS) is 11.3. The molecule has 0 saturated heterocycles. The topological polar surface area (TPSA) is 107 Å². The quantitative estimate of drug-likeness (QED) is 0.362. The van der Waals surface area contributed by atoms with Crippen molar-refractivity contribution in [1.82, 2.24) is 15.2 Å². The van der Waals surface area contributed by atoms with Gasteiger partial charge in [-0.2, -0.15) is 5.10 Å². The lowest BCUT2D eigenvalue weighted by Crippen LogP contribution is -2.15. The van der Waals surface area contributed by atoms with Crippen LogP contribution in [-0.2, 0) is 0 Å². The molecule has 2 aromatic rings. The van der Waals surface area contributed by atoms with E-state index in [9.17, 15) is 0 Å². The molecule has 0 radical (unpaired) electrons. The molecular weight excluding hydrogens is 234 g/mol. The summed E-state index contributed by atoms with van der Waals surface area (Å²) < 4.78 is 5.48. The van der Waals surface area contributed by atoms with Gasteiger partial charge in [0.15, 0.2) is 5.84 Å². The molecule has 0 spiro atoms. The molecule has 18 heavy (non-hydrogen) atoms. The third-order valence-electron chi connectivity index (χ3n) is 2.17. The van der Waals surface area contributed by atoms with Gasteiger partial charge in [0, 0.05) is 5.69 Å². The van der Waals surface area contributed by atoms with Gasteiger partial charge < -0.3 is 15.7 Å². The smallest absolute Gasteiger partial charge is 0.250 e. The molecule has 0 fully saturated rings. The maximum atomic E-state index is 8.66. The molecule has 0 aliphatic heterocycles. The van der Waals surface area contributed by atoms with Gasteiger partial charge in [0.05, 0.1) is 18.0 Å². The molecule has 0 bridgehead atoms. The van der Waals surface area contributed by atoms with Crippen LogP contribution < -0.4 is 10.5 Å². The van der Waals surface area contributed by atoms with Crippen LogP contribution in [0.1, 0.15) is 11.3 Å². The van der Waals surface area contributed by atoms with E-state index in [0.717, 1.165) is 5.69 Å². The summed E-state index contributed by atoms with van der Waals surface area (Å²) in [5, 5.41) is 19.0. The lowest BCUT2D eigenvalue weighted by molar-refractivity contribution is 0.318. The third-order valence-corrected chi connectivity index (χ3v) is 2.17. The Labute approximate surface area is 103 Å². The average Bonchev–Trinajstić information content (AvgIpc) is 2.41. The predicted octanol–water partition coefficient (Wildman–Crippen LogP) is 1.07. The number of hydrogen-bond acceptors (Lipinski definition) is 6. The van der Waals surface area contributed by atoms with Crippen LogP contribution in [0.3, 0.4) is 0 Å². The lowest BCUT2D eigenvalue weighted by atomic mass is 10.3. The Hall–Kier alpha value is -2.70. The van der Waals surface area contributed by atoms with E-state index < -0.39 is 0 Å². The summed E-state index contributed by atoms with van der Waals surface area (Å²) in [5.74, 6) is 0.548. The van der Waals surface area contributed by atoms with E-state index in [1.54, 1.807) is 24.4 Å². The molecule has 0 amide bonds. The van der Waals surface area contributed by atoms with E-state index in [1.165, 1.54) is 6.20 Å². The van der Waals surface area contributed by atoms with Gasteiger partial charge >= 0.3 is 0 Å². The van der Waals surface area contributed by atoms with Crippen molar-refractivity contribution in [3.8, 4) is 11.6 Å². The minimum atomic E-state index is -0.0972. The van der Waals surface area contributed by atoms with Crippen molar-refractivity contribution in [2.75, 3.05) is 0 Å². The Morgan fingerprint density at radius 3 is 2.89 bits per heavy atom. The van der Waals surface area contributed by atoms with Gasteiger partial charge in [-0.3, -0.25) is 4.98 Å². The van der Waals surface area contributed by atoms with Crippen LogP contribution >= 0.6 is 0 Å². The number of nitrogens with two attached hydrogens (primary N) is 1. The Bertz CT molecular complexity index is 568. The first-order valence-electron chi connectivity index (χ1n) is 5.11. The van der Waals surface area contributed by atoms with Crippen molar-refractivity contribution in [3.05, 3.63) is 41.9 Å². The summed E-state index contributed by atoms with van der Waals surface area (Å²) in [4.78, 5) is 4.09. The Kier molecular flexibility index (Phi) is 3.33. The zero-order valence-corrected chi connectivity index (χ0v) is 9.61. The van der Waals surface area contributed by atoms with Crippen molar-refractivity contribution in [2.45, 2.75) is 6.92 Å². The van der Waals surface area contributed by atoms with E-state index in [4.69, 9.17) is 15.7 Å². The standard InChI is InChI=1S/C11H11N5O2/c1-7-2-3-8(6-13-7)18-11-9(10(12)16-17)4-5-14-15-11/h2-6,17H,1H3,(H2,12,16).